The number of benzene rings is 1. The molecule has 2 aromatic heterocycles. The fraction of sp³-hybridized carbons (Fsp3) is 0.188. The number of carbonyl (C=O) groups excluding carboxylic acids is 1. The summed E-state index contributed by atoms with van der Waals surface area (Å²) in [5.74, 6) is -0.373. The van der Waals surface area contributed by atoms with E-state index in [0.717, 1.165) is 5.56 Å². The summed E-state index contributed by atoms with van der Waals surface area (Å²) in [6.45, 7) is 2.17. The van der Waals surface area contributed by atoms with E-state index in [1.54, 1.807) is 36.8 Å². The summed E-state index contributed by atoms with van der Waals surface area (Å²) >= 11 is 6.09. The van der Waals surface area contributed by atoms with E-state index in [1.807, 2.05) is 6.92 Å². The molecule has 0 atom stereocenters. The Morgan fingerprint density at radius 3 is 2.79 bits per heavy atom. The number of amides is 1. The average molecular weight is 348 g/mol. The molecule has 0 aliphatic heterocycles. The van der Waals surface area contributed by atoms with Gasteiger partial charge in [0.2, 0.25) is 5.91 Å². The number of aryl methyl sites for hydroxylation is 1. The molecule has 1 N–H and O–H groups in total. The molecular formula is C16H15ClFN5O. The van der Waals surface area contributed by atoms with E-state index in [9.17, 15) is 9.18 Å². The van der Waals surface area contributed by atoms with Crippen LogP contribution in [0.4, 0.5) is 10.2 Å². The van der Waals surface area contributed by atoms with E-state index in [-0.39, 0.29) is 35.7 Å². The van der Waals surface area contributed by atoms with E-state index in [2.05, 4.69) is 15.5 Å². The predicted octanol–water partition coefficient (Wildman–Crippen LogP) is 2.87. The van der Waals surface area contributed by atoms with Crippen LogP contribution in [0.15, 0.2) is 42.9 Å². The average Bonchev–Trinajstić information content (AvgIpc) is 3.08. The molecule has 2 heterocycles. The Kier molecular flexibility index (Phi) is 4.61. The zero-order chi connectivity index (χ0) is 17.1. The molecule has 0 radical (unpaired) electrons. The Hall–Kier alpha value is -2.67. The van der Waals surface area contributed by atoms with E-state index in [4.69, 9.17) is 11.6 Å². The van der Waals surface area contributed by atoms with Crippen molar-refractivity contribution in [1.82, 2.24) is 19.6 Å². The third-order valence-electron chi connectivity index (χ3n) is 3.33. The summed E-state index contributed by atoms with van der Waals surface area (Å²) < 4.78 is 16.7. The third kappa shape index (κ3) is 3.80. The SMILES string of the molecule is Cc1cnn(CC(=O)Nc2nn(Cc3ccccc3F)cc2Cl)c1. The maximum atomic E-state index is 13.7. The first-order valence-electron chi connectivity index (χ1n) is 7.26. The number of rotatable bonds is 5. The fourth-order valence-electron chi connectivity index (χ4n) is 2.24. The van der Waals surface area contributed by atoms with Crippen LogP contribution in [0, 0.1) is 12.7 Å². The topological polar surface area (TPSA) is 64.7 Å². The summed E-state index contributed by atoms with van der Waals surface area (Å²) in [5.41, 5.74) is 1.46. The zero-order valence-electron chi connectivity index (χ0n) is 12.9. The molecule has 8 heteroatoms. The van der Waals surface area contributed by atoms with Gasteiger partial charge < -0.3 is 5.32 Å². The first-order valence-corrected chi connectivity index (χ1v) is 7.64. The standard InChI is InChI=1S/C16H15ClFN5O/c1-11-6-19-22(7-11)10-15(24)20-16-13(17)9-23(21-16)8-12-4-2-3-5-14(12)18/h2-7,9H,8,10H2,1H3,(H,20,21,24). The summed E-state index contributed by atoms with van der Waals surface area (Å²) in [4.78, 5) is 12.0. The lowest BCUT2D eigenvalue weighted by atomic mass is 10.2. The van der Waals surface area contributed by atoms with Crippen molar-refractivity contribution in [3.63, 3.8) is 0 Å². The molecule has 0 fully saturated rings. The molecule has 0 bridgehead atoms. The summed E-state index contributed by atoms with van der Waals surface area (Å²) in [6, 6.07) is 6.42. The summed E-state index contributed by atoms with van der Waals surface area (Å²) in [6.07, 6.45) is 4.98. The van der Waals surface area contributed by atoms with Gasteiger partial charge in [0.05, 0.1) is 12.7 Å². The van der Waals surface area contributed by atoms with Crippen LogP contribution in [-0.2, 0) is 17.9 Å². The van der Waals surface area contributed by atoms with Crippen molar-refractivity contribution in [3.8, 4) is 0 Å². The lowest BCUT2D eigenvalue weighted by Crippen LogP contribution is -2.19. The lowest BCUT2D eigenvalue weighted by Gasteiger charge is -2.04. The Bertz CT molecular complexity index is 873. The number of nitrogens with one attached hydrogen (secondary N) is 1. The minimum atomic E-state index is -0.316. The predicted molar refractivity (Wildman–Crippen MR) is 88.3 cm³/mol. The van der Waals surface area contributed by atoms with Crippen LogP contribution in [0.1, 0.15) is 11.1 Å². The Labute approximate surface area is 142 Å². The minimum Gasteiger partial charge on any atom is -0.306 e. The van der Waals surface area contributed by atoms with Gasteiger partial charge in [-0.25, -0.2) is 4.39 Å². The van der Waals surface area contributed by atoms with E-state index >= 15 is 0 Å². The number of carbonyl (C=O) groups is 1. The second-order valence-corrected chi connectivity index (χ2v) is 5.79. The number of anilines is 1. The van der Waals surface area contributed by atoms with Crippen LogP contribution in [-0.4, -0.2) is 25.5 Å². The van der Waals surface area contributed by atoms with Gasteiger partial charge in [0.15, 0.2) is 5.82 Å². The first kappa shape index (κ1) is 16.2. The Balaban J connectivity index is 1.67. The zero-order valence-corrected chi connectivity index (χ0v) is 13.7. The highest BCUT2D eigenvalue weighted by molar-refractivity contribution is 6.33. The molecule has 0 unspecified atom stereocenters. The molecule has 3 aromatic rings. The molecule has 0 aliphatic carbocycles. The van der Waals surface area contributed by atoms with Crippen molar-refractivity contribution >= 4 is 23.3 Å². The first-order chi connectivity index (χ1) is 11.5. The number of halogens is 2. The van der Waals surface area contributed by atoms with Gasteiger partial charge in [-0.3, -0.25) is 14.2 Å². The fourth-order valence-corrected chi connectivity index (χ4v) is 2.43. The van der Waals surface area contributed by atoms with Crippen molar-refractivity contribution in [1.29, 1.82) is 0 Å². The molecule has 0 aliphatic rings. The highest BCUT2D eigenvalue weighted by Crippen LogP contribution is 2.20. The number of hydrogen-bond acceptors (Lipinski definition) is 3. The van der Waals surface area contributed by atoms with Gasteiger partial charge in [-0.15, -0.1) is 0 Å². The van der Waals surface area contributed by atoms with Crippen molar-refractivity contribution < 1.29 is 9.18 Å². The van der Waals surface area contributed by atoms with Gasteiger partial charge in [-0.1, -0.05) is 29.8 Å². The summed E-state index contributed by atoms with van der Waals surface area (Å²) in [7, 11) is 0. The minimum absolute atomic E-state index is 0.0599. The second-order valence-electron chi connectivity index (χ2n) is 5.38. The van der Waals surface area contributed by atoms with Crippen LogP contribution in [0.5, 0.6) is 0 Å². The molecule has 0 saturated carbocycles. The van der Waals surface area contributed by atoms with Crippen molar-refractivity contribution in [3.05, 3.63) is 64.8 Å². The maximum absolute atomic E-state index is 13.7. The Morgan fingerprint density at radius 1 is 1.29 bits per heavy atom. The molecule has 1 aromatic carbocycles. The molecule has 24 heavy (non-hydrogen) atoms. The van der Waals surface area contributed by atoms with Gasteiger partial charge in [0, 0.05) is 18.0 Å². The largest absolute Gasteiger partial charge is 0.306 e. The third-order valence-corrected chi connectivity index (χ3v) is 3.61. The Morgan fingerprint density at radius 2 is 2.08 bits per heavy atom. The van der Waals surface area contributed by atoms with Crippen LogP contribution in [0.2, 0.25) is 5.02 Å². The number of aromatic nitrogens is 4. The van der Waals surface area contributed by atoms with Crippen molar-refractivity contribution in [2.75, 3.05) is 5.32 Å². The van der Waals surface area contributed by atoms with E-state index in [1.165, 1.54) is 15.4 Å². The van der Waals surface area contributed by atoms with Gasteiger partial charge in [0.1, 0.15) is 17.4 Å². The van der Waals surface area contributed by atoms with Crippen molar-refractivity contribution in [2.24, 2.45) is 0 Å². The van der Waals surface area contributed by atoms with Crippen molar-refractivity contribution in [2.45, 2.75) is 20.0 Å². The second kappa shape index (κ2) is 6.84. The van der Waals surface area contributed by atoms with Gasteiger partial charge in [-0.2, -0.15) is 10.2 Å². The molecule has 1 amide bonds. The van der Waals surface area contributed by atoms with E-state index in [0.29, 0.717) is 5.56 Å². The van der Waals surface area contributed by atoms with E-state index < -0.39 is 0 Å². The highest BCUT2D eigenvalue weighted by Gasteiger charge is 2.12. The van der Waals surface area contributed by atoms with Gasteiger partial charge in [0.25, 0.3) is 0 Å². The molecule has 0 saturated heterocycles. The van der Waals surface area contributed by atoms with Crippen LogP contribution < -0.4 is 5.32 Å². The molecule has 0 spiro atoms. The lowest BCUT2D eigenvalue weighted by molar-refractivity contribution is -0.116. The smallest absolute Gasteiger partial charge is 0.247 e. The van der Waals surface area contributed by atoms with Crippen LogP contribution >= 0.6 is 11.6 Å². The van der Waals surface area contributed by atoms with Crippen LogP contribution in [0.25, 0.3) is 0 Å². The molecule has 3 rings (SSSR count). The van der Waals surface area contributed by atoms with Gasteiger partial charge >= 0.3 is 0 Å². The maximum Gasteiger partial charge on any atom is 0.247 e. The molecule has 6 nitrogen and oxygen atoms in total. The monoisotopic (exact) mass is 347 g/mol. The summed E-state index contributed by atoms with van der Waals surface area (Å²) in [5, 5.41) is 11.2. The number of hydrogen-bond donors (Lipinski definition) is 1. The highest BCUT2D eigenvalue weighted by atomic mass is 35.5. The normalized spacial score (nSPS) is 10.8. The molecular weight excluding hydrogens is 333 g/mol. The van der Waals surface area contributed by atoms with Gasteiger partial charge in [-0.05, 0) is 18.6 Å². The van der Waals surface area contributed by atoms with Crippen LogP contribution in [0.3, 0.4) is 0 Å². The number of nitrogens with zero attached hydrogens (tertiary/aromatic N) is 4. The molecule has 124 valence electrons. The quantitative estimate of drug-likeness (QED) is 0.771.